The summed E-state index contributed by atoms with van der Waals surface area (Å²) in [6.45, 7) is 5.56. The van der Waals surface area contributed by atoms with Gasteiger partial charge in [-0.15, -0.1) is 0 Å². The van der Waals surface area contributed by atoms with E-state index >= 15 is 0 Å². The van der Waals surface area contributed by atoms with Crippen LogP contribution >= 0.6 is 0 Å². The van der Waals surface area contributed by atoms with E-state index in [1.54, 1.807) is 7.11 Å². The molecular weight excluding hydrogens is 248 g/mol. The zero-order valence-electron chi connectivity index (χ0n) is 11.9. The summed E-state index contributed by atoms with van der Waals surface area (Å²) >= 11 is 0. The second-order valence-corrected chi connectivity index (χ2v) is 4.97. The van der Waals surface area contributed by atoms with Gasteiger partial charge in [-0.05, 0) is 31.4 Å². The van der Waals surface area contributed by atoms with Crippen molar-refractivity contribution in [2.75, 3.05) is 20.3 Å². The number of nitrogens with one attached hydrogen (secondary N) is 1. The van der Waals surface area contributed by atoms with Crippen LogP contribution in [0.4, 0.5) is 8.78 Å². The SMILES string of the molecule is CCCNC(CC(C)COC)c1ccc(F)cc1F. The maximum Gasteiger partial charge on any atom is 0.130 e. The summed E-state index contributed by atoms with van der Waals surface area (Å²) in [4.78, 5) is 0. The van der Waals surface area contributed by atoms with Gasteiger partial charge in [0.25, 0.3) is 0 Å². The van der Waals surface area contributed by atoms with Crippen molar-refractivity contribution in [3.05, 3.63) is 35.4 Å². The lowest BCUT2D eigenvalue weighted by atomic mass is 9.95. The van der Waals surface area contributed by atoms with Crippen molar-refractivity contribution >= 4 is 0 Å². The van der Waals surface area contributed by atoms with E-state index < -0.39 is 11.6 Å². The minimum Gasteiger partial charge on any atom is -0.384 e. The third-order valence-corrected chi connectivity index (χ3v) is 3.07. The summed E-state index contributed by atoms with van der Waals surface area (Å²) in [5.41, 5.74) is 0.526. The van der Waals surface area contributed by atoms with E-state index in [1.165, 1.54) is 12.1 Å². The van der Waals surface area contributed by atoms with E-state index in [0.29, 0.717) is 18.1 Å². The minimum absolute atomic E-state index is 0.106. The molecule has 1 N–H and O–H groups in total. The molecule has 0 aliphatic carbocycles. The highest BCUT2D eigenvalue weighted by molar-refractivity contribution is 5.22. The summed E-state index contributed by atoms with van der Waals surface area (Å²) in [7, 11) is 1.66. The summed E-state index contributed by atoms with van der Waals surface area (Å²) in [5, 5.41) is 3.32. The average Bonchev–Trinajstić information content (AvgIpc) is 2.35. The molecule has 0 heterocycles. The normalized spacial score (nSPS) is 14.4. The van der Waals surface area contributed by atoms with Gasteiger partial charge in [0.2, 0.25) is 0 Å². The Labute approximate surface area is 114 Å². The Hall–Kier alpha value is -1.00. The van der Waals surface area contributed by atoms with Gasteiger partial charge in [-0.1, -0.05) is 19.9 Å². The van der Waals surface area contributed by atoms with Gasteiger partial charge in [0.1, 0.15) is 11.6 Å². The van der Waals surface area contributed by atoms with Gasteiger partial charge in [-0.2, -0.15) is 0 Å². The van der Waals surface area contributed by atoms with Gasteiger partial charge in [0.05, 0.1) is 0 Å². The first-order valence-electron chi connectivity index (χ1n) is 6.75. The first-order valence-corrected chi connectivity index (χ1v) is 6.75. The largest absolute Gasteiger partial charge is 0.384 e. The van der Waals surface area contributed by atoms with Crippen LogP contribution in [0, 0.1) is 17.6 Å². The molecule has 1 aromatic carbocycles. The second kappa shape index (κ2) is 8.23. The van der Waals surface area contributed by atoms with Crippen molar-refractivity contribution in [3.63, 3.8) is 0 Å². The highest BCUT2D eigenvalue weighted by atomic mass is 19.1. The Bertz CT molecular complexity index is 384. The Kier molecular flexibility index (Phi) is 6.95. The molecular formula is C15H23F2NO. The van der Waals surface area contributed by atoms with Crippen molar-refractivity contribution in [1.29, 1.82) is 0 Å². The van der Waals surface area contributed by atoms with E-state index in [-0.39, 0.29) is 6.04 Å². The quantitative estimate of drug-likeness (QED) is 0.778. The van der Waals surface area contributed by atoms with Crippen LogP contribution in [0.5, 0.6) is 0 Å². The first kappa shape index (κ1) is 16.1. The van der Waals surface area contributed by atoms with Crippen molar-refractivity contribution in [2.24, 2.45) is 5.92 Å². The third-order valence-electron chi connectivity index (χ3n) is 3.07. The minimum atomic E-state index is -0.541. The van der Waals surface area contributed by atoms with E-state index in [1.807, 2.05) is 0 Å². The zero-order valence-corrected chi connectivity index (χ0v) is 11.9. The van der Waals surface area contributed by atoms with Gasteiger partial charge in [0.15, 0.2) is 0 Å². The van der Waals surface area contributed by atoms with Crippen LogP contribution in [-0.4, -0.2) is 20.3 Å². The van der Waals surface area contributed by atoms with Crippen LogP contribution in [0.25, 0.3) is 0 Å². The predicted octanol–water partition coefficient (Wildman–Crippen LogP) is 3.68. The molecule has 0 amide bonds. The molecule has 0 aliphatic heterocycles. The standard InChI is InChI=1S/C15H23F2NO/c1-4-7-18-15(8-11(2)10-19-3)13-6-5-12(16)9-14(13)17/h5-6,9,11,15,18H,4,7-8,10H2,1-3H3. The molecule has 108 valence electrons. The summed E-state index contributed by atoms with van der Waals surface area (Å²) in [5.74, 6) is -0.720. The molecule has 4 heteroatoms. The maximum atomic E-state index is 13.9. The van der Waals surface area contributed by atoms with Crippen molar-refractivity contribution in [1.82, 2.24) is 5.32 Å². The number of methoxy groups -OCH3 is 1. The van der Waals surface area contributed by atoms with Gasteiger partial charge in [-0.25, -0.2) is 8.78 Å². The molecule has 0 radical (unpaired) electrons. The topological polar surface area (TPSA) is 21.3 Å². The highest BCUT2D eigenvalue weighted by Crippen LogP contribution is 2.24. The Morgan fingerprint density at radius 2 is 2.05 bits per heavy atom. The molecule has 0 spiro atoms. The summed E-state index contributed by atoms with van der Waals surface area (Å²) < 4.78 is 31.9. The number of halogens is 2. The molecule has 2 unspecified atom stereocenters. The molecule has 2 nitrogen and oxygen atoms in total. The van der Waals surface area contributed by atoms with Crippen LogP contribution in [0.3, 0.4) is 0 Å². The first-order chi connectivity index (χ1) is 9.08. The molecule has 0 saturated heterocycles. The lowest BCUT2D eigenvalue weighted by Gasteiger charge is -2.23. The van der Waals surface area contributed by atoms with E-state index in [9.17, 15) is 8.78 Å². The molecule has 1 rings (SSSR count). The highest BCUT2D eigenvalue weighted by Gasteiger charge is 2.18. The van der Waals surface area contributed by atoms with Crippen LogP contribution < -0.4 is 5.32 Å². The molecule has 0 bridgehead atoms. The van der Waals surface area contributed by atoms with Crippen LogP contribution in [0.2, 0.25) is 0 Å². The number of hydrogen-bond acceptors (Lipinski definition) is 2. The van der Waals surface area contributed by atoms with Gasteiger partial charge in [0, 0.05) is 31.4 Å². The molecule has 19 heavy (non-hydrogen) atoms. The fourth-order valence-electron chi connectivity index (χ4n) is 2.18. The fourth-order valence-corrected chi connectivity index (χ4v) is 2.18. The average molecular weight is 271 g/mol. The zero-order chi connectivity index (χ0) is 14.3. The Morgan fingerprint density at radius 3 is 2.63 bits per heavy atom. The predicted molar refractivity (Wildman–Crippen MR) is 73.0 cm³/mol. The maximum absolute atomic E-state index is 13.9. The monoisotopic (exact) mass is 271 g/mol. The van der Waals surface area contributed by atoms with E-state index in [0.717, 1.165) is 25.5 Å². The van der Waals surface area contributed by atoms with Gasteiger partial charge >= 0.3 is 0 Å². The molecule has 0 aromatic heterocycles. The fraction of sp³-hybridized carbons (Fsp3) is 0.600. The molecule has 0 fully saturated rings. The lowest BCUT2D eigenvalue weighted by molar-refractivity contribution is 0.149. The molecule has 0 saturated carbocycles. The van der Waals surface area contributed by atoms with Crippen molar-refractivity contribution < 1.29 is 13.5 Å². The van der Waals surface area contributed by atoms with Crippen LogP contribution in [0.1, 0.15) is 38.3 Å². The number of benzene rings is 1. The number of ether oxygens (including phenoxy) is 1. The lowest BCUT2D eigenvalue weighted by Crippen LogP contribution is -2.26. The second-order valence-electron chi connectivity index (χ2n) is 4.97. The smallest absolute Gasteiger partial charge is 0.130 e. The molecule has 0 aliphatic rings. The molecule has 2 atom stereocenters. The van der Waals surface area contributed by atoms with Crippen molar-refractivity contribution in [2.45, 2.75) is 32.7 Å². The number of rotatable bonds is 8. The van der Waals surface area contributed by atoms with Crippen molar-refractivity contribution in [3.8, 4) is 0 Å². The van der Waals surface area contributed by atoms with Crippen LogP contribution in [-0.2, 0) is 4.74 Å². The Balaban J connectivity index is 2.82. The van der Waals surface area contributed by atoms with E-state index in [2.05, 4.69) is 19.2 Å². The number of hydrogen-bond donors (Lipinski definition) is 1. The third kappa shape index (κ3) is 5.25. The summed E-state index contributed by atoms with van der Waals surface area (Å²) in [6.07, 6.45) is 1.73. The van der Waals surface area contributed by atoms with Gasteiger partial charge < -0.3 is 10.1 Å². The van der Waals surface area contributed by atoms with E-state index in [4.69, 9.17) is 4.74 Å². The van der Waals surface area contributed by atoms with Gasteiger partial charge in [-0.3, -0.25) is 0 Å². The summed E-state index contributed by atoms with van der Waals surface area (Å²) in [6, 6.07) is 3.67. The van der Waals surface area contributed by atoms with Crippen LogP contribution in [0.15, 0.2) is 18.2 Å². The Morgan fingerprint density at radius 1 is 1.32 bits per heavy atom. The molecule has 1 aromatic rings.